The molecule has 0 amide bonds. The molecular weight excluding hydrogens is 208 g/mol. The van der Waals surface area contributed by atoms with Crippen LogP contribution < -0.4 is 5.73 Å². The van der Waals surface area contributed by atoms with Gasteiger partial charge in [0.25, 0.3) is 0 Å². The lowest BCUT2D eigenvalue weighted by molar-refractivity contribution is 0.205. The van der Waals surface area contributed by atoms with Crippen molar-refractivity contribution in [3.8, 4) is 0 Å². The van der Waals surface area contributed by atoms with Gasteiger partial charge in [0, 0.05) is 12.6 Å². The van der Waals surface area contributed by atoms with Crippen molar-refractivity contribution in [2.45, 2.75) is 46.2 Å². The fourth-order valence-electron chi connectivity index (χ4n) is 2.54. The Labute approximate surface area is 105 Å². The van der Waals surface area contributed by atoms with Gasteiger partial charge in [0.15, 0.2) is 0 Å². The van der Waals surface area contributed by atoms with E-state index in [-0.39, 0.29) is 0 Å². The lowest BCUT2D eigenvalue weighted by atomic mass is 9.99. The molecule has 2 rings (SSSR count). The Morgan fingerprint density at radius 3 is 2.29 bits per heavy atom. The van der Waals surface area contributed by atoms with Crippen molar-refractivity contribution in [2.24, 2.45) is 5.73 Å². The molecule has 0 bridgehead atoms. The number of nitrogens with two attached hydrogens (primary N) is 1. The van der Waals surface area contributed by atoms with Crippen LogP contribution in [0.3, 0.4) is 0 Å². The van der Waals surface area contributed by atoms with Gasteiger partial charge in [0.1, 0.15) is 0 Å². The molecule has 0 spiro atoms. The average molecular weight is 232 g/mol. The Morgan fingerprint density at radius 1 is 1.06 bits per heavy atom. The van der Waals surface area contributed by atoms with Gasteiger partial charge in [-0.2, -0.15) is 0 Å². The molecule has 0 aromatic heterocycles. The van der Waals surface area contributed by atoms with E-state index >= 15 is 0 Å². The molecule has 0 aliphatic carbocycles. The van der Waals surface area contributed by atoms with E-state index in [4.69, 9.17) is 5.73 Å². The normalized spacial score (nSPS) is 18.6. The summed E-state index contributed by atoms with van der Waals surface area (Å²) in [6.07, 6.45) is 2.29. The number of nitrogens with zero attached hydrogens (tertiary/aromatic N) is 1. The van der Waals surface area contributed by atoms with E-state index in [0.717, 1.165) is 32.5 Å². The molecule has 0 unspecified atom stereocenters. The van der Waals surface area contributed by atoms with Crippen LogP contribution in [-0.2, 0) is 6.54 Å². The van der Waals surface area contributed by atoms with Crippen molar-refractivity contribution in [2.75, 3.05) is 13.1 Å². The van der Waals surface area contributed by atoms with Gasteiger partial charge in [-0.1, -0.05) is 12.1 Å². The first-order valence-electron chi connectivity index (χ1n) is 6.61. The highest BCUT2D eigenvalue weighted by Crippen LogP contribution is 2.19. The summed E-state index contributed by atoms with van der Waals surface area (Å²) >= 11 is 0. The van der Waals surface area contributed by atoms with Crippen molar-refractivity contribution in [1.82, 2.24) is 4.90 Å². The molecule has 2 nitrogen and oxygen atoms in total. The van der Waals surface area contributed by atoms with Crippen LogP contribution in [-0.4, -0.2) is 24.0 Å². The van der Waals surface area contributed by atoms with E-state index in [2.05, 4.69) is 37.8 Å². The number of likely N-dealkylation sites (tertiary alicyclic amines) is 1. The Bertz CT molecular complexity index is 390. The maximum atomic E-state index is 5.94. The smallest absolute Gasteiger partial charge is 0.0236 e. The number of hydrogen-bond donors (Lipinski definition) is 1. The minimum atomic E-state index is 0.423. The molecule has 2 heteroatoms. The topological polar surface area (TPSA) is 29.3 Å². The van der Waals surface area contributed by atoms with Gasteiger partial charge in [-0.25, -0.2) is 0 Å². The molecule has 1 fully saturated rings. The van der Waals surface area contributed by atoms with Crippen LogP contribution in [0.1, 0.15) is 35.1 Å². The summed E-state index contributed by atoms with van der Waals surface area (Å²) in [7, 11) is 0. The van der Waals surface area contributed by atoms with Gasteiger partial charge >= 0.3 is 0 Å². The lowest BCUT2D eigenvalue weighted by Crippen LogP contribution is -2.39. The molecule has 1 aromatic carbocycles. The molecule has 2 N–H and O–H groups in total. The van der Waals surface area contributed by atoms with E-state index < -0.39 is 0 Å². The van der Waals surface area contributed by atoms with Crippen molar-refractivity contribution in [1.29, 1.82) is 0 Å². The monoisotopic (exact) mass is 232 g/mol. The Balaban J connectivity index is 2.06. The van der Waals surface area contributed by atoms with E-state index in [1.807, 2.05) is 0 Å². The van der Waals surface area contributed by atoms with Gasteiger partial charge in [-0.15, -0.1) is 0 Å². The zero-order chi connectivity index (χ0) is 12.4. The van der Waals surface area contributed by atoms with Crippen LogP contribution >= 0.6 is 0 Å². The van der Waals surface area contributed by atoms with Crippen molar-refractivity contribution >= 4 is 0 Å². The summed E-state index contributed by atoms with van der Waals surface area (Å²) in [5.74, 6) is 0. The molecule has 1 aliphatic rings. The maximum Gasteiger partial charge on any atom is 0.0236 e. The second-order valence-electron chi connectivity index (χ2n) is 5.48. The minimum Gasteiger partial charge on any atom is -0.328 e. The third-order valence-corrected chi connectivity index (χ3v) is 3.98. The van der Waals surface area contributed by atoms with Crippen LogP contribution in [0, 0.1) is 20.8 Å². The summed E-state index contributed by atoms with van der Waals surface area (Å²) in [5, 5.41) is 0. The predicted molar refractivity (Wildman–Crippen MR) is 73.1 cm³/mol. The first kappa shape index (κ1) is 12.6. The fraction of sp³-hybridized carbons (Fsp3) is 0.600. The van der Waals surface area contributed by atoms with Gasteiger partial charge in [-0.05, 0) is 69.0 Å². The molecule has 0 radical (unpaired) electrons. The molecular formula is C15H24N2. The third-order valence-electron chi connectivity index (χ3n) is 3.98. The Kier molecular flexibility index (Phi) is 3.85. The minimum absolute atomic E-state index is 0.423. The fourth-order valence-corrected chi connectivity index (χ4v) is 2.54. The summed E-state index contributed by atoms with van der Waals surface area (Å²) in [5.41, 5.74) is 11.6. The second-order valence-corrected chi connectivity index (χ2v) is 5.48. The van der Waals surface area contributed by atoms with Gasteiger partial charge in [0.05, 0.1) is 0 Å². The van der Waals surface area contributed by atoms with E-state index in [1.165, 1.54) is 22.3 Å². The summed E-state index contributed by atoms with van der Waals surface area (Å²) in [6.45, 7) is 9.98. The number of rotatable bonds is 2. The van der Waals surface area contributed by atoms with Crippen LogP contribution in [0.4, 0.5) is 0 Å². The quantitative estimate of drug-likeness (QED) is 0.849. The van der Waals surface area contributed by atoms with E-state index in [0.29, 0.717) is 6.04 Å². The SMILES string of the molecule is Cc1cc(C)c(CN2CCC(N)CC2)cc1C. The molecule has 94 valence electrons. The lowest BCUT2D eigenvalue weighted by Gasteiger charge is -2.30. The van der Waals surface area contributed by atoms with Crippen LogP contribution in [0.25, 0.3) is 0 Å². The molecule has 1 saturated heterocycles. The first-order valence-corrected chi connectivity index (χ1v) is 6.61. The first-order chi connectivity index (χ1) is 8.06. The standard InChI is InChI=1S/C15H24N2/c1-11-8-13(3)14(9-12(11)2)10-17-6-4-15(16)5-7-17/h8-9,15H,4-7,10,16H2,1-3H3. The number of piperidine rings is 1. The Hall–Kier alpha value is -0.860. The molecule has 17 heavy (non-hydrogen) atoms. The number of benzene rings is 1. The highest BCUT2D eigenvalue weighted by Gasteiger charge is 2.16. The van der Waals surface area contributed by atoms with Crippen LogP contribution in [0.2, 0.25) is 0 Å². The molecule has 0 saturated carbocycles. The second kappa shape index (κ2) is 5.19. The maximum absolute atomic E-state index is 5.94. The van der Waals surface area contributed by atoms with Crippen molar-refractivity contribution < 1.29 is 0 Å². The largest absolute Gasteiger partial charge is 0.328 e. The van der Waals surface area contributed by atoms with Gasteiger partial charge in [0.2, 0.25) is 0 Å². The molecule has 1 heterocycles. The van der Waals surface area contributed by atoms with E-state index in [1.54, 1.807) is 0 Å². The average Bonchev–Trinajstić information content (AvgIpc) is 2.29. The van der Waals surface area contributed by atoms with Crippen molar-refractivity contribution in [3.05, 3.63) is 34.4 Å². The highest BCUT2D eigenvalue weighted by molar-refractivity contribution is 5.36. The third kappa shape index (κ3) is 3.08. The van der Waals surface area contributed by atoms with Gasteiger partial charge < -0.3 is 5.73 Å². The molecule has 1 aliphatic heterocycles. The van der Waals surface area contributed by atoms with Crippen LogP contribution in [0.5, 0.6) is 0 Å². The zero-order valence-corrected chi connectivity index (χ0v) is 11.3. The van der Waals surface area contributed by atoms with Crippen LogP contribution in [0.15, 0.2) is 12.1 Å². The van der Waals surface area contributed by atoms with Crippen molar-refractivity contribution in [3.63, 3.8) is 0 Å². The number of aryl methyl sites for hydroxylation is 3. The predicted octanol–water partition coefficient (Wildman–Crippen LogP) is 2.53. The summed E-state index contributed by atoms with van der Waals surface area (Å²) in [4.78, 5) is 2.53. The molecule has 0 atom stereocenters. The Morgan fingerprint density at radius 2 is 1.65 bits per heavy atom. The van der Waals surface area contributed by atoms with E-state index in [9.17, 15) is 0 Å². The highest BCUT2D eigenvalue weighted by atomic mass is 15.1. The summed E-state index contributed by atoms with van der Waals surface area (Å²) < 4.78 is 0. The summed E-state index contributed by atoms with van der Waals surface area (Å²) in [6, 6.07) is 5.08. The number of hydrogen-bond acceptors (Lipinski definition) is 2. The molecule has 1 aromatic rings. The van der Waals surface area contributed by atoms with Gasteiger partial charge in [-0.3, -0.25) is 4.90 Å². The zero-order valence-electron chi connectivity index (χ0n) is 11.3.